The number of benzene rings is 1. The second-order valence-corrected chi connectivity index (χ2v) is 7.62. The van der Waals surface area contributed by atoms with Crippen molar-refractivity contribution < 1.29 is 17.9 Å². The van der Waals surface area contributed by atoms with Crippen molar-refractivity contribution in [2.24, 2.45) is 0 Å². The minimum Gasteiger partial charge on any atom is -0.450 e. The Balaban J connectivity index is 2.60. The monoisotopic (exact) mass is 382 g/mol. The molecule has 1 N–H and O–H groups in total. The number of carbonyl (C=O) groups is 1. The van der Waals surface area contributed by atoms with E-state index in [1.807, 2.05) is 0 Å². The van der Waals surface area contributed by atoms with Gasteiger partial charge in [-0.3, -0.25) is 0 Å². The van der Waals surface area contributed by atoms with Crippen LogP contribution in [0.25, 0.3) is 0 Å². The Bertz CT molecular complexity index is 638. The van der Waals surface area contributed by atoms with E-state index in [0.717, 1.165) is 11.8 Å². The molecule has 0 aliphatic carbocycles. The van der Waals surface area contributed by atoms with Crippen molar-refractivity contribution in [2.45, 2.75) is 13.3 Å². The van der Waals surface area contributed by atoms with Crippen molar-refractivity contribution in [1.82, 2.24) is 9.62 Å². The molecular weight excluding hydrogens is 363 g/mol. The van der Waals surface area contributed by atoms with E-state index in [9.17, 15) is 13.2 Å². The zero-order chi connectivity index (χ0) is 17.5. The molecule has 0 unspecified atom stereocenters. The number of rotatable bonds is 8. The number of halogens is 2. The first kappa shape index (κ1) is 20.0. The van der Waals surface area contributed by atoms with Crippen molar-refractivity contribution in [3.63, 3.8) is 0 Å². The fraction of sp³-hybridized carbons (Fsp3) is 0.500. The number of sulfonamides is 1. The van der Waals surface area contributed by atoms with Gasteiger partial charge in [0.15, 0.2) is 0 Å². The fourth-order valence-corrected chi connectivity index (χ4v) is 3.23. The third-order valence-electron chi connectivity index (χ3n) is 3.02. The van der Waals surface area contributed by atoms with Crippen LogP contribution in [0.1, 0.15) is 12.5 Å². The van der Waals surface area contributed by atoms with E-state index in [2.05, 4.69) is 5.32 Å². The third kappa shape index (κ3) is 7.39. The Hall–Kier alpha value is -1.02. The van der Waals surface area contributed by atoms with Crippen molar-refractivity contribution in [1.29, 1.82) is 0 Å². The molecule has 0 fully saturated rings. The van der Waals surface area contributed by atoms with Crippen LogP contribution in [0.15, 0.2) is 18.2 Å². The smallest absolute Gasteiger partial charge is 0.407 e. The molecule has 0 aliphatic rings. The highest BCUT2D eigenvalue weighted by Gasteiger charge is 2.17. The van der Waals surface area contributed by atoms with Gasteiger partial charge in [-0.25, -0.2) is 17.5 Å². The molecule has 1 aromatic rings. The minimum absolute atomic E-state index is 0.156. The van der Waals surface area contributed by atoms with Gasteiger partial charge in [0.2, 0.25) is 10.0 Å². The summed E-state index contributed by atoms with van der Waals surface area (Å²) in [7, 11) is -3.39. The van der Waals surface area contributed by atoms with Crippen LogP contribution in [0, 0.1) is 0 Å². The van der Waals surface area contributed by atoms with E-state index in [0.29, 0.717) is 16.5 Å². The summed E-state index contributed by atoms with van der Waals surface area (Å²) in [4.78, 5) is 11.2. The SMILES string of the molecule is CCOC(=O)NCCN(CCc1ccc(Cl)cc1Cl)S(C)(=O)=O. The molecule has 0 saturated carbocycles. The average Bonchev–Trinajstić information content (AvgIpc) is 2.43. The summed E-state index contributed by atoms with van der Waals surface area (Å²) >= 11 is 11.9. The lowest BCUT2D eigenvalue weighted by Gasteiger charge is -2.20. The van der Waals surface area contributed by atoms with Gasteiger partial charge in [-0.1, -0.05) is 29.3 Å². The molecule has 1 rings (SSSR count). The maximum atomic E-state index is 11.8. The molecule has 0 aliphatic heterocycles. The summed E-state index contributed by atoms with van der Waals surface area (Å²) < 4.78 is 29.6. The predicted octanol–water partition coefficient (Wildman–Crippen LogP) is 2.54. The van der Waals surface area contributed by atoms with Crippen molar-refractivity contribution in [3.8, 4) is 0 Å². The standard InChI is InChI=1S/C14H20Cl2N2O4S/c1-3-22-14(19)17-7-9-18(23(2,20)21)8-6-11-4-5-12(15)10-13(11)16/h4-5,10H,3,6-9H2,1-2H3,(H,17,19). The number of alkyl carbamates (subject to hydrolysis) is 1. The summed E-state index contributed by atoms with van der Waals surface area (Å²) in [5.41, 5.74) is 0.808. The molecule has 0 spiro atoms. The first-order valence-electron chi connectivity index (χ1n) is 7.03. The van der Waals surface area contributed by atoms with E-state index in [1.165, 1.54) is 4.31 Å². The van der Waals surface area contributed by atoms with Gasteiger partial charge >= 0.3 is 6.09 Å². The molecule has 0 radical (unpaired) electrons. The molecular formula is C14H20Cl2N2O4S. The lowest BCUT2D eigenvalue weighted by Crippen LogP contribution is -2.39. The number of nitrogens with zero attached hydrogens (tertiary/aromatic N) is 1. The Morgan fingerprint density at radius 3 is 2.57 bits per heavy atom. The van der Waals surface area contributed by atoms with E-state index in [4.69, 9.17) is 27.9 Å². The summed E-state index contributed by atoms with van der Waals surface area (Å²) in [5, 5.41) is 3.51. The van der Waals surface area contributed by atoms with Crippen molar-refractivity contribution >= 4 is 39.3 Å². The Morgan fingerprint density at radius 2 is 2.00 bits per heavy atom. The molecule has 0 bridgehead atoms. The molecule has 0 atom stereocenters. The molecule has 23 heavy (non-hydrogen) atoms. The zero-order valence-electron chi connectivity index (χ0n) is 13.0. The van der Waals surface area contributed by atoms with Crippen molar-refractivity contribution in [3.05, 3.63) is 33.8 Å². The fourth-order valence-electron chi connectivity index (χ4n) is 1.88. The van der Waals surface area contributed by atoms with Crippen LogP contribution in [0.4, 0.5) is 4.79 Å². The topological polar surface area (TPSA) is 75.7 Å². The first-order valence-corrected chi connectivity index (χ1v) is 9.64. The van der Waals surface area contributed by atoms with Crippen LogP contribution in [0.3, 0.4) is 0 Å². The normalized spacial score (nSPS) is 11.5. The highest BCUT2D eigenvalue weighted by molar-refractivity contribution is 7.88. The lowest BCUT2D eigenvalue weighted by molar-refractivity contribution is 0.151. The molecule has 0 heterocycles. The van der Waals surface area contributed by atoms with Gasteiger partial charge in [-0.2, -0.15) is 0 Å². The van der Waals surface area contributed by atoms with Crippen LogP contribution >= 0.6 is 23.2 Å². The maximum absolute atomic E-state index is 11.8. The third-order valence-corrected chi connectivity index (χ3v) is 4.91. The first-order chi connectivity index (χ1) is 10.7. The van der Waals surface area contributed by atoms with Gasteiger partial charge in [0.05, 0.1) is 12.9 Å². The van der Waals surface area contributed by atoms with E-state index in [1.54, 1.807) is 25.1 Å². The van der Waals surface area contributed by atoms with E-state index >= 15 is 0 Å². The minimum atomic E-state index is -3.39. The molecule has 1 aromatic carbocycles. The van der Waals surface area contributed by atoms with Crippen LogP contribution < -0.4 is 5.32 Å². The summed E-state index contributed by atoms with van der Waals surface area (Å²) in [6, 6.07) is 5.09. The number of ether oxygens (including phenoxy) is 1. The van der Waals surface area contributed by atoms with Gasteiger partial charge in [0, 0.05) is 29.7 Å². The zero-order valence-corrected chi connectivity index (χ0v) is 15.3. The van der Waals surface area contributed by atoms with E-state index < -0.39 is 16.1 Å². The Labute approximate surface area is 146 Å². The van der Waals surface area contributed by atoms with Gasteiger partial charge in [0.1, 0.15) is 0 Å². The Kier molecular flexibility index (Phi) is 8.11. The molecule has 9 heteroatoms. The molecule has 0 saturated heterocycles. The average molecular weight is 383 g/mol. The molecule has 130 valence electrons. The number of hydrogen-bond acceptors (Lipinski definition) is 4. The highest BCUT2D eigenvalue weighted by atomic mass is 35.5. The second-order valence-electron chi connectivity index (χ2n) is 4.80. The molecule has 0 aromatic heterocycles. The van der Waals surface area contributed by atoms with E-state index in [-0.39, 0.29) is 26.2 Å². The van der Waals surface area contributed by atoms with Gasteiger partial charge in [-0.15, -0.1) is 0 Å². The van der Waals surface area contributed by atoms with Crippen LogP contribution in [0.5, 0.6) is 0 Å². The van der Waals surface area contributed by atoms with Crippen molar-refractivity contribution in [2.75, 3.05) is 32.5 Å². The quantitative estimate of drug-likeness (QED) is 0.749. The number of amides is 1. The number of nitrogens with one attached hydrogen (secondary N) is 1. The van der Waals surface area contributed by atoms with Crippen LogP contribution in [-0.2, 0) is 21.2 Å². The second kappa shape index (κ2) is 9.32. The van der Waals surface area contributed by atoms with Crippen LogP contribution in [-0.4, -0.2) is 51.3 Å². The van der Waals surface area contributed by atoms with Gasteiger partial charge < -0.3 is 10.1 Å². The van der Waals surface area contributed by atoms with Gasteiger partial charge in [0.25, 0.3) is 0 Å². The summed E-state index contributed by atoms with van der Waals surface area (Å²) in [6.07, 6.45) is 1.00. The molecule has 6 nitrogen and oxygen atoms in total. The highest BCUT2D eigenvalue weighted by Crippen LogP contribution is 2.21. The maximum Gasteiger partial charge on any atom is 0.407 e. The summed E-state index contributed by atoms with van der Waals surface area (Å²) in [6.45, 7) is 2.53. The van der Waals surface area contributed by atoms with Crippen LogP contribution in [0.2, 0.25) is 10.0 Å². The number of hydrogen-bond donors (Lipinski definition) is 1. The Morgan fingerprint density at radius 1 is 1.30 bits per heavy atom. The lowest BCUT2D eigenvalue weighted by atomic mass is 10.1. The number of carbonyl (C=O) groups excluding carboxylic acids is 1. The largest absolute Gasteiger partial charge is 0.450 e. The molecule has 1 amide bonds. The predicted molar refractivity (Wildman–Crippen MR) is 91.6 cm³/mol. The van der Waals surface area contributed by atoms with Gasteiger partial charge in [-0.05, 0) is 31.0 Å². The summed E-state index contributed by atoms with van der Waals surface area (Å²) in [5.74, 6) is 0.